The Morgan fingerprint density at radius 3 is 2.60 bits per heavy atom. The maximum absolute atomic E-state index is 4.70. The standard InChI is InChI=1S/C12H20N2S/c1-9(2)13-12-14-10-7-5-3-4-6-8-11(10)15-12/h9H,3-8H2,1-2H3,(H,13,14). The predicted octanol–water partition coefficient (Wildman–Crippen LogP) is 3.62. The van der Waals surface area contributed by atoms with Crippen LogP contribution >= 0.6 is 11.3 Å². The second kappa shape index (κ2) is 4.97. The van der Waals surface area contributed by atoms with Gasteiger partial charge in [0.25, 0.3) is 0 Å². The zero-order chi connectivity index (χ0) is 10.7. The summed E-state index contributed by atoms with van der Waals surface area (Å²) in [5.41, 5.74) is 1.36. The number of thiazole rings is 1. The first-order valence-corrected chi connectivity index (χ1v) is 6.82. The Bertz CT molecular complexity index is 292. The number of anilines is 1. The number of fused-ring (bicyclic) bond motifs is 1. The van der Waals surface area contributed by atoms with Gasteiger partial charge in [-0.05, 0) is 39.5 Å². The first kappa shape index (κ1) is 10.9. The van der Waals surface area contributed by atoms with E-state index < -0.39 is 0 Å². The van der Waals surface area contributed by atoms with Gasteiger partial charge in [0.15, 0.2) is 5.13 Å². The minimum Gasteiger partial charge on any atom is -0.359 e. The van der Waals surface area contributed by atoms with E-state index >= 15 is 0 Å². The van der Waals surface area contributed by atoms with Crippen LogP contribution in [0.4, 0.5) is 5.13 Å². The van der Waals surface area contributed by atoms with Crippen molar-refractivity contribution >= 4 is 16.5 Å². The van der Waals surface area contributed by atoms with Crippen LogP contribution in [0.5, 0.6) is 0 Å². The van der Waals surface area contributed by atoms with Gasteiger partial charge in [-0.1, -0.05) is 12.8 Å². The lowest BCUT2D eigenvalue weighted by Gasteiger charge is -2.06. The molecule has 0 spiro atoms. The molecule has 84 valence electrons. The molecule has 3 heteroatoms. The van der Waals surface area contributed by atoms with Crippen molar-refractivity contribution in [3.63, 3.8) is 0 Å². The van der Waals surface area contributed by atoms with Crippen LogP contribution in [-0.2, 0) is 12.8 Å². The van der Waals surface area contributed by atoms with Crippen molar-refractivity contribution in [1.82, 2.24) is 4.98 Å². The zero-order valence-electron chi connectivity index (χ0n) is 9.68. The molecule has 0 bridgehead atoms. The highest BCUT2D eigenvalue weighted by molar-refractivity contribution is 7.15. The van der Waals surface area contributed by atoms with Crippen LogP contribution in [0.25, 0.3) is 0 Å². The molecule has 1 aromatic heterocycles. The Labute approximate surface area is 96.1 Å². The van der Waals surface area contributed by atoms with Crippen LogP contribution in [0.15, 0.2) is 0 Å². The number of hydrogen-bond donors (Lipinski definition) is 1. The Morgan fingerprint density at radius 2 is 1.87 bits per heavy atom. The molecule has 0 radical (unpaired) electrons. The molecule has 0 amide bonds. The fraction of sp³-hybridized carbons (Fsp3) is 0.750. The quantitative estimate of drug-likeness (QED) is 0.830. The Balaban J connectivity index is 2.12. The smallest absolute Gasteiger partial charge is 0.183 e. The lowest BCUT2D eigenvalue weighted by molar-refractivity contribution is 0.616. The molecule has 0 unspecified atom stereocenters. The van der Waals surface area contributed by atoms with Gasteiger partial charge < -0.3 is 5.32 Å². The molecule has 0 saturated heterocycles. The summed E-state index contributed by atoms with van der Waals surface area (Å²) in [4.78, 5) is 6.23. The van der Waals surface area contributed by atoms with Crippen molar-refractivity contribution in [1.29, 1.82) is 0 Å². The van der Waals surface area contributed by atoms with E-state index in [0.29, 0.717) is 6.04 Å². The second-order valence-corrected chi connectivity index (χ2v) is 5.69. The molecule has 0 aliphatic heterocycles. The largest absolute Gasteiger partial charge is 0.359 e. The van der Waals surface area contributed by atoms with Crippen molar-refractivity contribution in [2.75, 3.05) is 5.32 Å². The highest BCUT2D eigenvalue weighted by Gasteiger charge is 2.13. The van der Waals surface area contributed by atoms with Crippen molar-refractivity contribution in [3.05, 3.63) is 10.6 Å². The minimum atomic E-state index is 0.488. The number of rotatable bonds is 2. The van der Waals surface area contributed by atoms with Gasteiger partial charge in [0.1, 0.15) is 0 Å². The van der Waals surface area contributed by atoms with Crippen LogP contribution < -0.4 is 5.32 Å². The Kier molecular flexibility index (Phi) is 3.62. The van der Waals surface area contributed by atoms with Gasteiger partial charge in [-0.3, -0.25) is 0 Å². The molecule has 15 heavy (non-hydrogen) atoms. The molecule has 2 nitrogen and oxygen atoms in total. The molecule has 2 rings (SSSR count). The summed E-state index contributed by atoms with van der Waals surface area (Å²) in [6.45, 7) is 4.33. The van der Waals surface area contributed by atoms with Crippen LogP contribution in [-0.4, -0.2) is 11.0 Å². The van der Waals surface area contributed by atoms with Crippen molar-refractivity contribution < 1.29 is 0 Å². The number of hydrogen-bond acceptors (Lipinski definition) is 3. The molecule has 1 N–H and O–H groups in total. The normalized spacial score (nSPS) is 17.0. The first-order chi connectivity index (χ1) is 7.25. The third-order valence-corrected chi connectivity index (χ3v) is 3.85. The lowest BCUT2D eigenvalue weighted by Crippen LogP contribution is -2.09. The van der Waals surface area contributed by atoms with E-state index in [2.05, 4.69) is 19.2 Å². The fourth-order valence-corrected chi connectivity index (χ4v) is 3.21. The van der Waals surface area contributed by atoms with Crippen LogP contribution in [0.2, 0.25) is 0 Å². The van der Waals surface area contributed by atoms with E-state index in [1.54, 1.807) is 0 Å². The van der Waals surface area contributed by atoms with Gasteiger partial charge in [0.2, 0.25) is 0 Å². The van der Waals surface area contributed by atoms with Crippen molar-refractivity contribution in [2.24, 2.45) is 0 Å². The van der Waals surface area contributed by atoms with Crippen LogP contribution in [0.1, 0.15) is 50.1 Å². The summed E-state index contributed by atoms with van der Waals surface area (Å²) < 4.78 is 0. The average Bonchev–Trinajstić information content (AvgIpc) is 2.46. The molecule has 0 fully saturated rings. The van der Waals surface area contributed by atoms with Gasteiger partial charge >= 0.3 is 0 Å². The summed E-state index contributed by atoms with van der Waals surface area (Å²) in [5.74, 6) is 0. The molecular weight excluding hydrogens is 204 g/mol. The molecule has 1 aliphatic rings. The first-order valence-electron chi connectivity index (χ1n) is 6.01. The summed E-state index contributed by atoms with van der Waals surface area (Å²) in [5, 5.41) is 4.53. The van der Waals surface area contributed by atoms with E-state index in [-0.39, 0.29) is 0 Å². The third-order valence-electron chi connectivity index (χ3n) is 2.76. The van der Waals surface area contributed by atoms with Gasteiger partial charge in [0, 0.05) is 10.9 Å². The van der Waals surface area contributed by atoms with Gasteiger partial charge in [-0.2, -0.15) is 0 Å². The topological polar surface area (TPSA) is 24.9 Å². The van der Waals surface area contributed by atoms with Gasteiger partial charge in [-0.25, -0.2) is 4.98 Å². The number of aryl methyl sites for hydroxylation is 2. The summed E-state index contributed by atoms with van der Waals surface area (Å²) in [6.07, 6.45) is 7.86. The Hall–Kier alpha value is -0.570. The summed E-state index contributed by atoms with van der Waals surface area (Å²) in [7, 11) is 0. The van der Waals surface area contributed by atoms with Gasteiger partial charge in [-0.15, -0.1) is 11.3 Å². The van der Waals surface area contributed by atoms with Crippen LogP contribution in [0.3, 0.4) is 0 Å². The molecule has 0 aromatic carbocycles. The Morgan fingerprint density at radius 1 is 1.13 bits per heavy atom. The number of nitrogens with zero attached hydrogens (tertiary/aromatic N) is 1. The van der Waals surface area contributed by atoms with E-state index in [0.717, 1.165) is 5.13 Å². The lowest BCUT2D eigenvalue weighted by atomic mass is 10.0. The minimum absolute atomic E-state index is 0.488. The molecule has 1 aliphatic carbocycles. The van der Waals surface area contributed by atoms with Crippen molar-refractivity contribution in [2.45, 2.75) is 58.4 Å². The second-order valence-electron chi connectivity index (χ2n) is 4.60. The molecule has 1 heterocycles. The molecule has 1 aromatic rings. The number of aromatic nitrogens is 1. The average molecular weight is 224 g/mol. The van der Waals surface area contributed by atoms with E-state index in [4.69, 9.17) is 4.98 Å². The fourth-order valence-electron chi connectivity index (χ4n) is 2.01. The highest BCUT2D eigenvalue weighted by atomic mass is 32.1. The maximum Gasteiger partial charge on any atom is 0.183 e. The van der Waals surface area contributed by atoms with E-state index in [1.807, 2.05) is 11.3 Å². The molecular formula is C12H20N2S. The summed E-state index contributed by atoms with van der Waals surface area (Å²) >= 11 is 1.86. The third kappa shape index (κ3) is 2.94. The SMILES string of the molecule is CC(C)Nc1nc2c(s1)CCCCCC2. The summed E-state index contributed by atoms with van der Waals surface area (Å²) in [6, 6.07) is 0.488. The van der Waals surface area contributed by atoms with E-state index in [9.17, 15) is 0 Å². The van der Waals surface area contributed by atoms with Gasteiger partial charge in [0.05, 0.1) is 5.69 Å². The molecule has 0 atom stereocenters. The maximum atomic E-state index is 4.70. The highest BCUT2D eigenvalue weighted by Crippen LogP contribution is 2.28. The zero-order valence-corrected chi connectivity index (χ0v) is 10.5. The van der Waals surface area contributed by atoms with E-state index in [1.165, 1.54) is 49.1 Å². The monoisotopic (exact) mass is 224 g/mol. The molecule has 0 saturated carbocycles. The van der Waals surface area contributed by atoms with Crippen molar-refractivity contribution in [3.8, 4) is 0 Å². The number of nitrogens with one attached hydrogen (secondary N) is 1. The van der Waals surface area contributed by atoms with Crippen LogP contribution in [0, 0.1) is 0 Å². The predicted molar refractivity (Wildman–Crippen MR) is 66.7 cm³/mol.